The quantitative estimate of drug-likeness (QED) is 0.0396. The van der Waals surface area contributed by atoms with Crippen molar-refractivity contribution in [2.75, 3.05) is 53.0 Å². The maximum absolute atomic E-state index is 12.5. The summed E-state index contributed by atoms with van der Waals surface area (Å²) in [5.41, 5.74) is 0.672. The molecule has 1 heterocycles. The van der Waals surface area contributed by atoms with E-state index in [1.165, 1.54) is 36.4 Å². The molecular formula is C27H27N6Na3O18S6. The molecule has 0 spiro atoms. The molecule has 33 heteroatoms. The molecule has 4 aromatic rings. The second kappa shape index (κ2) is 23.5. The van der Waals surface area contributed by atoms with Crippen molar-refractivity contribution < 1.29 is 165 Å². The number of hydrogen-bond donors (Lipinski definition) is 3. The van der Waals surface area contributed by atoms with Crippen LogP contribution < -0.4 is 105 Å². The maximum Gasteiger partial charge on any atom is 1.00 e. The first-order valence-electron chi connectivity index (χ1n) is 15.2. The monoisotopic (exact) mass is 984 g/mol. The van der Waals surface area contributed by atoms with Gasteiger partial charge in [0.05, 0.1) is 51.8 Å². The largest absolute Gasteiger partial charge is 1.00 e. The molecule has 0 aliphatic carbocycles. The van der Waals surface area contributed by atoms with Crippen molar-refractivity contribution >= 4 is 95.6 Å². The Morgan fingerprint density at radius 2 is 0.583 bits per heavy atom. The van der Waals surface area contributed by atoms with Crippen LogP contribution in [-0.4, -0.2) is 116 Å². The fourth-order valence-electron chi connectivity index (χ4n) is 4.26. The summed E-state index contributed by atoms with van der Waals surface area (Å²) in [6.07, 6.45) is 0. The van der Waals surface area contributed by atoms with Crippen molar-refractivity contribution in [3.63, 3.8) is 0 Å². The molecule has 0 radical (unpaired) electrons. The van der Waals surface area contributed by atoms with E-state index in [1.54, 1.807) is 0 Å². The zero-order chi connectivity index (χ0) is 42.3. The molecule has 4 rings (SSSR count). The smallest absolute Gasteiger partial charge is 0.726 e. The van der Waals surface area contributed by atoms with Gasteiger partial charge in [0, 0.05) is 17.1 Å². The van der Waals surface area contributed by atoms with Crippen LogP contribution in [0.1, 0.15) is 0 Å². The zero-order valence-corrected chi connectivity index (χ0v) is 42.2. The van der Waals surface area contributed by atoms with Gasteiger partial charge in [-0.15, -0.1) is 0 Å². The Morgan fingerprint density at radius 1 is 0.383 bits per heavy atom. The summed E-state index contributed by atoms with van der Waals surface area (Å²) in [5.74, 6) is -2.96. The van der Waals surface area contributed by atoms with Gasteiger partial charge in [-0.3, -0.25) is 12.5 Å². The molecule has 3 aromatic carbocycles. The van der Waals surface area contributed by atoms with E-state index in [0.717, 1.165) is 36.4 Å². The first kappa shape index (κ1) is 56.5. The number of nitrogens with one attached hydrogen (secondary N) is 3. The third-order valence-corrected chi connectivity index (χ3v) is 13.2. The second-order valence-corrected chi connectivity index (χ2v) is 20.4. The molecule has 0 aliphatic heterocycles. The van der Waals surface area contributed by atoms with E-state index in [4.69, 9.17) is 0 Å². The number of anilines is 6. The SMILES string of the molecule is O=S(=O)([O-])OCCS(=O)(=O)c1ccc(Nc2nc(Nc3ccc(S(=O)(=O)CCOS(=O)(=O)[O-])cc3)nc(Nc3ccc(S(=O)(=O)CCOS(=O)(=O)[O-])cc3)n2)cc1.[Na+].[Na+].[Na+]. The molecule has 60 heavy (non-hydrogen) atoms. The molecule has 24 nitrogen and oxygen atoms in total. The Kier molecular flexibility index (Phi) is 22.1. The normalized spacial score (nSPS) is 12.2. The van der Waals surface area contributed by atoms with Gasteiger partial charge in [-0.25, -0.2) is 50.5 Å². The number of hydrogen-bond acceptors (Lipinski definition) is 24. The van der Waals surface area contributed by atoms with E-state index >= 15 is 0 Å². The summed E-state index contributed by atoms with van der Waals surface area (Å²) in [5, 5.41) is 8.46. The van der Waals surface area contributed by atoms with E-state index in [1.807, 2.05) is 0 Å². The molecule has 0 aliphatic rings. The summed E-state index contributed by atoms with van der Waals surface area (Å²) >= 11 is 0. The summed E-state index contributed by atoms with van der Waals surface area (Å²) in [4.78, 5) is 12.0. The van der Waals surface area contributed by atoms with Crippen molar-refractivity contribution in [1.82, 2.24) is 15.0 Å². The third-order valence-electron chi connectivity index (χ3n) is 6.78. The Labute approximate surface area is 411 Å². The second-order valence-electron chi connectivity index (χ2n) is 10.9. The molecule has 0 amide bonds. The molecule has 0 saturated carbocycles. The van der Waals surface area contributed by atoms with Gasteiger partial charge >= 0.3 is 88.7 Å². The molecule has 312 valence electrons. The predicted octanol–water partition coefficient (Wildman–Crippen LogP) is -9.13. The van der Waals surface area contributed by atoms with Gasteiger partial charge in [-0.1, -0.05) is 0 Å². The molecule has 0 unspecified atom stereocenters. The topological polar surface area (TPSA) is 376 Å². The number of nitrogens with zero attached hydrogens (tertiary/aromatic N) is 3. The van der Waals surface area contributed by atoms with Crippen LogP contribution in [0.2, 0.25) is 0 Å². The van der Waals surface area contributed by atoms with E-state index in [0.29, 0.717) is 0 Å². The Bertz CT molecular complexity index is 2440. The minimum atomic E-state index is -5.11. The van der Waals surface area contributed by atoms with Crippen molar-refractivity contribution in [2.45, 2.75) is 14.7 Å². The van der Waals surface area contributed by atoms with Gasteiger partial charge in [-0.05, 0) is 72.8 Å². The number of sulfone groups is 3. The Morgan fingerprint density at radius 3 is 0.767 bits per heavy atom. The first-order valence-corrected chi connectivity index (χ1v) is 24.1. The van der Waals surface area contributed by atoms with E-state index in [-0.39, 0.29) is 138 Å². The van der Waals surface area contributed by atoms with Gasteiger partial charge in [0.2, 0.25) is 49.0 Å². The van der Waals surface area contributed by atoms with Gasteiger partial charge in [-0.2, -0.15) is 15.0 Å². The minimum absolute atomic E-state index is 0. The molecule has 0 fully saturated rings. The van der Waals surface area contributed by atoms with Crippen LogP contribution in [0.25, 0.3) is 0 Å². The van der Waals surface area contributed by atoms with E-state index in [9.17, 15) is 64.2 Å². The van der Waals surface area contributed by atoms with E-state index in [2.05, 4.69) is 43.5 Å². The van der Waals surface area contributed by atoms with Crippen molar-refractivity contribution in [3.05, 3.63) is 72.8 Å². The predicted molar refractivity (Wildman–Crippen MR) is 192 cm³/mol. The summed E-state index contributed by atoms with van der Waals surface area (Å²) in [6, 6.07) is 14.8. The Hall–Kier alpha value is -1.47. The van der Waals surface area contributed by atoms with Crippen LogP contribution in [0.4, 0.5) is 34.9 Å². The average Bonchev–Trinajstić information content (AvgIpc) is 3.07. The fourth-order valence-corrected chi connectivity index (χ4v) is 8.71. The maximum atomic E-state index is 12.5. The van der Waals surface area contributed by atoms with Crippen LogP contribution in [0.5, 0.6) is 0 Å². The summed E-state index contributed by atoms with van der Waals surface area (Å²) in [6.45, 7) is -2.72. The zero-order valence-electron chi connectivity index (χ0n) is 31.3. The van der Waals surface area contributed by atoms with Crippen LogP contribution in [0.3, 0.4) is 0 Å². The molecular weight excluding hydrogens is 958 g/mol. The van der Waals surface area contributed by atoms with Gasteiger partial charge < -0.3 is 29.6 Å². The first-order chi connectivity index (χ1) is 26.3. The minimum Gasteiger partial charge on any atom is -0.726 e. The van der Waals surface area contributed by atoms with Gasteiger partial charge in [0.1, 0.15) is 0 Å². The molecule has 1 aromatic heterocycles. The molecule has 0 saturated heterocycles. The molecule has 0 bridgehead atoms. The van der Waals surface area contributed by atoms with Crippen LogP contribution in [0.15, 0.2) is 87.5 Å². The molecule has 0 atom stereocenters. The van der Waals surface area contributed by atoms with E-state index < -0.39 is 97.8 Å². The van der Waals surface area contributed by atoms with Crippen molar-refractivity contribution in [3.8, 4) is 0 Å². The fraction of sp³-hybridized carbons (Fsp3) is 0.222. The van der Waals surface area contributed by atoms with Gasteiger partial charge in [0.15, 0.2) is 29.5 Å². The molecule has 3 N–H and O–H groups in total. The Balaban J connectivity index is 0.00000600. The van der Waals surface area contributed by atoms with Crippen LogP contribution in [0, 0.1) is 0 Å². The third kappa shape index (κ3) is 19.5. The van der Waals surface area contributed by atoms with Crippen LogP contribution in [-0.2, 0) is 73.3 Å². The van der Waals surface area contributed by atoms with Gasteiger partial charge in [0.25, 0.3) is 0 Å². The van der Waals surface area contributed by atoms with Crippen LogP contribution >= 0.6 is 0 Å². The van der Waals surface area contributed by atoms with Crippen molar-refractivity contribution in [2.24, 2.45) is 0 Å². The number of rotatable bonds is 21. The summed E-state index contributed by atoms with van der Waals surface area (Å²) < 4.78 is 183. The average molecular weight is 985 g/mol. The van der Waals surface area contributed by atoms with Crippen molar-refractivity contribution in [1.29, 1.82) is 0 Å². The standard InChI is InChI=1S/C27H30N6O18S6.3Na/c34-52(35,16-13-49-55(40,41)42)22-7-1-19(2-8-22)28-25-31-26(29-20-3-9-23(10-4-20)53(36,37)17-14-50-56(43,44)45)33-27(32-25)30-21-5-11-24(12-6-21)54(38,39)18-15-51-57(46,47)48;;;/h1-12H,13-18H2,(H,40,41,42)(H,43,44,45)(H,46,47,48)(H3,28,29,30,31,32,33);;;/q;3*+1/p-3. The number of benzene rings is 3. The number of aromatic nitrogens is 3. The summed E-state index contributed by atoms with van der Waals surface area (Å²) in [7, 11) is -27.6.